The third-order valence-corrected chi connectivity index (χ3v) is 5.43. The Kier molecular flexibility index (Phi) is 7.17. The minimum absolute atomic E-state index is 0.0294. The lowest BCUT2D eigenvalue weighted by Crippen LogP contribution is -2.27. The van der Waals surface area contributed by atoms with E-state index in [2.05, 4.69) is 6.92 Å². The van der Waals surface area contributed by atoms with Crippen LogP contribution in [0.5, 0.6) is 0 Å². The van der Waals surface area contributed by atoms with Crippen LogP contribution in [0.1, 0.15) is 38.0 Å². The molecule has 0 aromatic heterocycles. The second kappa shape index (κ2) is 9.61. The highest BCUT2D eigenvalue weighted by atomic mass is 32.2. The highest BCUT2D eigenvalue weighted by molar-refractivity contribution is 8.03. The van der Waals surface area contributed by atoms with E-state index in [-0.39, 0.29) is 17.3 Å². The molecule has 0 radical (unpaired) electrons. The van der Waals surface area contributed by atoms with Crippen molar-refractivity contribution in [1.82, 2.24) is 0 Å². The number of nitrogens with zero attached hydrogens (tertiary/aromatic N) is 1. The van der Waals surface area contributed by atoms with Crippen LogP contribution in [-0.4, -0.2) is 13.2 Å². The summed E-state index contributed by atoms with van der Waals surface area (Å²) in [7, 11) is 0. The second-order valence-corrected chi connectivity index (χ2v) is 7.58. The van der Waals surface area contributed by atoms with Crippen molar-refractivity contribution < 1.29 is 27.0 Å². The van der Waals surface area contributed by atoms with E-state index in [4.69, 9.17) is 14.7 Å². The molecule has 3 nitrogen and oxygen atoms in total. The Morgan fingerprint density at radius 2 is 1.59 bits per heavy atom. The van der Waals surface area contributed by atoms with E-state index in [0.29, 0.717) is 24.7 Å². The number of thioether (sulfide) groups is 1. The van der Waals surface area contributed by atoms with Crippen molar-refractivity contribution in [2.75, 3.05) is 13.2 Å². The van der Waals surface area contributed by atoms with Crippen molar-refractivity contribution in [2.45, 2.75) is 37.4 Å². The van der Waals surface area contributed by atoms with Crippen molar-refractivity contribution in [3.8, 4) is 16.5 Å². The van der Waals surface area contributed by atoms with E-state index in [0.717, 1.165) is 19.3 Å². The van der Waals surface area contributed by atoms with Gasteiger partial charge in [-0.15, -0.1) is 0 Å². The molecule has 29 heavy (non-hydrogen) atoms. The zero-order valence-corrected chi connectivity index (χ0v) is 16.5. The number of hydrogen-bond donors (Lipinski definition) is 0. The van der Waals surface area contributed by atoms with Gasteiger partial charge < -0.3 is 9.47 Å². The van der Waals surface area contributed by atoms with Gasteiger partial charge in [0.05, 0.1) is 23.7 Å². The smallest absolute Gasteiger partial charge is 0.183 e. The molecule has 1 aliphatic rings. The summed E-state index contributed by atoms with van der Waals surface area (Å²) in [5.41, 5.74) is -0.216. The standard InChI is InChI=1S/C21H19F4NO2S/c1-2-3-4-12-9-27-21(28-10-12)14-7-5-13(6-8-14)15-16(22)18(24)20(29-11-26)19(25)17(15)23/h5-8,12,21H,2-4,9-10H2,1H3. The average molecular weight is 425 g/mol. The SMILES string of the molecule is CCCCC1COC(c2ccc(-c3c(F)c(F)c(SC#N)c(F)c3F)cc2)OC1. The van der Waals surface area contributed by atoms with Crippen LogP contribution in [0.2, 0.25) is 0 Å². The van der Waals surface area contributed by atoms with Crippen LogP contribution >= 0.6 is 11.8 Å². The maximum absolute atomic E-state index is 14.4. The molecule has 0 saturated carbocycles. The van der Waals surface area contributed by atoms with E-state index in [1.807, 2.05) is 0 Å². The highest BCUT2D eigenvalue weighted by Crippen LogP contribution is 2.37. The summed E-state index contributed by atoms with van der Waals surface area (Å²) in [6.07, 6.45) is 2.63. The van der Waals surface area contributed by atoms with E-state index in [1.54, 1.807) is 12.1 Å². The Hall–Kier alpha value is -2.08. The zero-order chi connectivity index (χ0) is 21.0. The van der Waals surface area contributed by atoms with Crippen molar-refractivity contribution >= 4 is 11.8 Å². The molecule has 0 spiro atoms. The van der Waals surface area contributed by atoms with Crippen LogP contribution < -0.4 is 0 Å². The molecule has 1 saturated heterocycles. The monoisotopic (exact) mass is 425 g/mol. The number of ether oxygens (including phenoxy) is 2. The van der Waals surface area contributed by atoms with Gasteiger partial charge in [-0.25, -0.2) is 17.6 Å². The van der Waals surface area contributed by atoms with Crippen LogP contribution in [0.25, 0.3) is 11.1 Å². The molecule has 0 unspecified atom stereocenters. The fraction of sp³-hybridized carbons (Fsp3) is 0.381. The Morgan fingerprint density at radius 1 is 1.00 bits per heavy atom. The Morgan fingerprint density at radius 3 is 2.10 bits per heavy atom. The van der Waals surface area contributed by atoms with Gasteiger partial charge in [0.15, 0.2) is 29.6 Å². The van der Waals surface area contributed by atoms with Gasteiger partial charge in [-0.3, -0.25) is 0 Å². The quantitative estimate of drug-likeness (QED) is 0.235. The van der Waals surface area contributed by atoms with Gasteiger partial charge in [-0.05, 0) is 23.7 Å². The van der Waals surface area contributed by atoms with E-state index < -0.39 is 40.0 Å². The first kappa shape index (κ1) is 21.6. The Labute approximate surface area is 170 Å². The highest BCUT2D eigenvalue weighted by Gasteiger charge is 2.27. The zero-order valence-electron chi connectivity index (χ0n) is 15.7. The topological polar surface area (TPSA) is 42.2 Å². The molecular weight excluding hydrogens is 406 g/mol. The third-order valence-electron chi connectivity index (χ3n) is 4.77. The summed E-state index contributed by atoms with van der Waals surface area (Å²) in [5.74, 6) is -5.93. The molecule has 1 heterocycles. The first-order valence-electron chi connectivity index (χ1n) is 9.23. The molecule has 1 fully saturated rings. The predicted octanol–water partition coefficient (Wildman–Crippen LogP) is 6.33. The molecule has 2 aromatic rings. The van der Waals surface area contributed by atoms with Crippen LogP contribution in [-0.2, 0) is 9.47 Å². The molecular formula is C21H19F4NO2S. The normalized spacial score (nSPS) is 19.2. The minimum atomic E-state index is -1.59. The number of hydrogen-bond acceptors (Lipinski definition) is 4. The summed E-state index contributed by atoms with van der Waals surface area (Å²) in [6.45, 7) is 3.24. The summed E-state index contributed by atoms with van der Waals surface area (Å²) >= 11 is 0.0294. The maximum atomic E-state index is 14.4. The molecule has 8 heteroatoms. The molecule has 0 aliphatic carbocycles. The summed E-state index contributed by atoms with van der Waals surface area (Å²) in [4.78, 5) is -0.996. The Balaban J connectivity index is 1.80. The minimum Gasteiger partial charge on any atom is -0.348 e. The number of benzene rings is 2. The van der Waals surface area contributed by atoms with Crippen molar-refractivity contribution in [3.63, 3.8) is 0 Å². The average Bonchev–Trinajstić information content (AvgIpc) is 2.75. The van der Waals surface area contributed by atoms with Gasteiger partial charge in [0, 0.05) is 11.5 Å². The fourth-order valence-corrected chi connectivity index (χ4v) is 3.65. The number of thiocyanates is 1. The van der Waals surface area contributed by atoms with Gasteiger partial charge in [0.25, 0.3) is 0 Å². The van der Waals surface area contributed by atoms with Gasteiger partial charge in [0.1, 0.15) is 5.40 Å². The molecule has 0 N–H and O–H groups in total. The lowest BCUT2D eigenvalue weighted by atomic mass is 10.0. The van der Waals surface area contributed by atoms with Crippen LogP contribution in [0.4, 0.5) is 17.6 Å². The number of unbranched alkanes of at least 4 members (excludes halogenated alkanes) is 1. The summed E-state index contributed by atoms with van der Waals surface area (Å²) in [6, 6.07) is 5.78. The molecule has 154 valence electrons. The predicted molar refractivity (Wildman–Crippen MR) is 101 cm³/mol. The number of nitriles is 1. The largest absolute Gasteiger partial charge is 0.348 e. The van der Waals surface area contributed by atoms with Crippen molar-refractivity contribution in [2.24, 2.45) is 5.92 Å². The van der Waals surface area contributed by atoms with E-state index in [9.17, 15) is 17.6 Å². The lowest BCUT2D eigenvalue weighted by Gasteiger charge is -2.29. The third kappa shape index (κ3) is 4.58. The van der Waals surface area contributed by atoms with Crippen LogP contribution in [0.15, 0.2) is 29.2 Å². The van der Waals surface area contributed by atoms with Crippen molar-refractivity contribution in [3.05, 3.63) is 53.1 Å². The van der Waals surface area contributed by atoms with E-state index in [1.165, 1.54) is 17.5 Å². The fourth-order valence-electron chi connectivity index (χ4n) is 3.20. The van der Waals surface area contributed by atoms with E-state index >= 15 is 0 Å². The molecule has 0 atom stereocenters. The molecule has 3 rings (SSSR count). The second-order valence-electron chi connectivity index (χ2n) is 6.78. The molecule has 0 amide bonds. The van der Waals surface area contributed by atoms with Crippen molar-refractivity contribution in [1.29, 1.82) is 5.26 Å². The summed E-state index contributed by atoms with van der Waals surface area (Å²) < 4.78 is 68.3. The Bertz CT molecular complexity index is 877. The maximum Gasteiger partial charge on any atom is 0.183 e. The number of rotatable bonds is 6. The van der Waals surface area contributed by atoms with Gasteiger partial charge in [-0.2, -0.15) is 5.26 Å². The molecule has 0 bridgehead atoms. The number of halogens is 4. The lowest BCUT2D eigenvalue weighted by molar-refractivity contribution is -0.206. The first-order chi connectivity index (χ1) is 14.0. The van der Waals surface area contributed by atoms with Gasteiger partial charge in [-0.1, -0.05) is 44.0 Å². The first-order valence-corrected chi connectivity index (χ1v) is 10.0. The van der Waals surface area contributed by atoms with Crippen LogP contribution in [0.3, 0.4) is 0 Å². The van der Waals surface area contributed by atoms with Gasteiger partial charge >= 0.3 is 0 Å². The molecule has 1 aliphatic heterocycles. The molecule has 2 aromatic carbocycles. The van der Waals surface area contributed by atoms with Gasteiger partial charge in [0.2, 0.25) is 0 Å². The summed E-state index contributed by atoms with van der Waals surface area (Å²) in [5, 5.41) is 9.97. The van der Waals surface area contributed by atoms with Crippen LogP contribution in [0, 0.1) is 39.8 Å².